The van der Waals surface area contributed by atoms with Gasteiger partial charge in [-0.05, 0) is 40.2 Å². The van der Waals surface area contributed by atoms with Crippen LogP contribution in [0, 0.1) is 6.92 Å². The van der Waals surface area contributed by atoms with Gasteiger partial charge in [0.1, 0.15) is 5.60 Å². The Hall–Kier alpha value is -1.55. The number of ether oxygens (including phenoxy) is 1. The van der Waals surface area contributed by atoms with Crippen molar-refractivity contribution in [2.45, 2.75) is 52.4 Å². The smallest absolute Gasteiger partial charge is 0.407 e. The van der Waals surface area contributed by atoms with E-state index in [4.69, 9.17) is 4.74 Å². The van der Waals surface area contributed by atoms with Crippen LogP contribution >= 0.6 is 0 Å². The first-order chi connectivity index (χ1) is 8.69. The summed E-state index contributed by atoms with van der Waals surface area (Å²) in [7, 11) is 0. The third-order valence-electron chi connectivity index (χ3n) is 2.64. The van der Waals surface area contributed by atoms with Gasteiger partial charge in [-0.1, -0.05) is 29.8 Å². The van der Waals surface area contributed by atoms with Gasteiger partial charge in [0, 0.05) is 0 Å². The minimum atomic E-state index is -0.756. The molecular weight excluding hydrogens is 242 g/mol. The van der Waals surface area contributed by atoms with Crippen molar-refractivity contribution in [3.63, 3.8) is 0 Å². The Labute approximate surface area is 114 Å². The molecule has 1 amide bonds. The summed E-state index contributed by atoms with van der Waals surface area (Å²) in [4.78, 5) is 11.6. The van der Waals surface area contributed by atoms with E-state index in [1.54, 1.807) is 27.7 Å². The first-order valence-corrected chi connectivity index (χ1v) is 6.43. The molecule has 106 valence electrons. The van der Waals surface area contributed by atoms with Crippen molar-refractivity contribution in [3.8, 4) is 0 Å². The zero-order valence-electron chi connectivity index (χ0n) is 12.2. The molecule has 0 aliphatic heterocycles. The van der Waals surface area contributed by atoms with E-state index >= 15 is 0 Å². The van der Waals surface area contributed by atoms with Crippen molar-refractivity contribution in [2.75, 3.05) is 0 Å². The van der Waals surface area contributed by atoms with Crippen molar-refractivity contribution in [1.82, 2.24) is 5.32 Å². The minimum Gasteiger partial charge on any atom is -0.444 e. The number of benzene rings is 1. The monoisotopic (exact) mass is 265 g/mol. The molecule has 0 saturated heterocycles. The van der Waals surface area contributed by atoms with Crippen molar-refractivity contribution in [3.05, 3.63) is 35.4 Å². The van der Waals surface area contributed by atoms with E-state index in [2.05, 4.69) is 5.32 Å². The highest BCUT2D eigenvalue weighted by molar-refractivity contribution is 5.68. The van der Waals surface area contributed by atoms with Gasteiger partial charge in [0.25, 0.3) is 0 Å². The summed E-state index contributed by atoms with van der Waals surface area (Å²) < 4.78 is 5.15. The molecule has 2 N–H and O–H groups in total. The molecule has 4 nitrogen and oxygen atoms in total. The highest BCUT2D eigenvalue weighted by atomic mass is 16.6. The molecule has 0 aliphatic rings. The number of nitrogens with one attached hydrogen (secondary N) is 1. The molecule has 0 bridgehead atoms. The standard InChI is InChI=1S/C15H23NO3/c1-10-6-8-12(9-7-10)13(17)11(2)16-14(18)19-15(3,4)5/h6-9,11,13,17H,1-5H3,(H,16,18)/t11-,13+/m0/s1. The van der Waals surface area contributed by atoms with Crippen LogP contribution in [-0.4, -0.2) is 22.8 Å². The topological polar surface area (TPSA) is 58.6 Å². The maximum Gasteiger partial charge on any atom is 0.407 e. The van der Waals surface area contributed by atoms with Gasteiger partial charge in [-0.25, -0.2) is 4.79 Å². The Kier molecular flexibility index (Phi) is 4.95. The summed E-state index contributed by atoms with van der Waals surface area (Å²) in [5, 5.41) is 12.8. The molecule has 0 heterocycles. The van der Waals surface area contributed by atoms with Crippen LogP contribution in [0.1, 0.15) is 44.9 Å². The molecule has 4 heteroatoms. The highest BCUT2D eigenvalue weighted by Crippen LogP contribution is 2.17. The highest BCUT2D eigenvalue weighted by Gasteiger charge is 2.22. The van der Waals surface area contributed by atoms with E-state index in [1.165, 1.54) is 0 Å². The number of hydrogen-bond acceptors (Lipinski definition) is 3. The second-order valence-corrected chi connectivity index (χ2v) is 5.79. The molecule has 0 aliphatic carbocycles. The zero-order chi connectivity index (χ0) is 14.6. The van der Waals surface area contributed by atoms with Gasteiger partial charge in [-0.3, -0.25) is 0 Å². The van der Waals surface area contributed by atoms with Gasteiger partial charge in [0.15, 0.2) is 0 Å². The van der Waals surface area contributed by atoms with Gasteiger partial charge in [0.05, 0.1) is 12.1 Å². The Bertz CT molecular complexity index is 420. The Morgan fingerprint density at radius 1 is 1.26 bits per heavy atom. The van der Waals surface area contributed by atoms with Crippen LogP contribution in [0.4, 0.5) is 4.79 Å². The fourth-order valence-electron chi connectivity index (χ4n) is 1.62. The number of aliphatic hydroxyl groups is 1. The van der Waals surface area contributed by atoms with E-state index in [1.807, 2.05) is 31.2 Å². The lowest BCUT2D eigenvalue weighted by atomic mass is 10.0. The Morgan fingerprint density at radius 2 is 1.79 bits per heavy atom. The molecule has 2 atom stereocenters. The number of carbonyl (C=O) groups excluding carboxylic acids is 1. The molecule has 0 saturated carbocycles. The van der Waals surface area contributed by atoms with Gasteiger partial charge >= 0.3 is 6.09 Å². The quantitative estimate of drug-likeness (QED) is 0.883. The molecule has 0 radical (unpaired) electrons. The van der Waals surface area contributed by atoms with Crippen molar-refractivity contribution >= 4 is 6.09 Å². The molecule has 0 fully saturated rings. The second-order valence-electron chi connectivity index (χ2n) is 5.79. The molecular formula is C15H23NO3. The van der Waals surface area contributed by atoms with E-state index in [0.29, 0.717) is 0 Å². The maximum absolute atomic E-state index is 11.6. The number of aliphatic hydroxyl groups excluding tert-OH is 1. The zero-order valence-corrected chi connectivity index (χ0v) is 12.2. The first kappa shape index (κ1) is 15.5. The van der Waals surface area contributed by atoms with Gasteiger partial charge < -0.3 is 15.2 Å². The third-order valence-corrected chi connectivity index (χ3v) is 2.64. The number of carbonyl (C=O) groups is 1. The Balaban J connectivity index is 2.60. The normalized spacial score (nSPS) is 14.6. The van der Waals surface area contributed by atoms with Crippen LogP contribution in [0.25, 0.3) is 0 Å². The predicted molar refractivity (Wildman–Crippen MR) is 75.0 cm³/mol. The lowest BCUT2D eigenvalue weighted by molar-refractivity contribution is 0.0436. The molecule has 0 unspecified atom stereocenters. The summed E-state index contributed by atoms with van der Waals surface area (Å²) in [5.74, 6) is 0. The SMILES string of the molecule is Cc1ccc([C@H](O)[C@H](C)NC(=O)OC(C)(C)C)cc1. The van der Waals surface area contributed by atoms with Gasteiger partial charge in [-0.15, -0.1) is 0 Å². The van der Waals surface area contributed by atoms with Crippen LogP contribution in [0.3, 0.4) is 0 Å². The summed E-state index contributed by atoms with van der Waals surface area (Å²) >= 11 is 0. The summed E-state index contributed by atoms with van der Waals surface area (Å²) in [5.41, 5.74) is 1.36. The number of aryl methyl sites for hydroxylation is 1. The van der Waals surface area contributed by atoms with Crippen LogP contribution in [0.15, 0.2) is 24.3 Å². The minimum absolute atomic E-state index is 0.419. The molecule has 0 spiro atoms. The molecule has 19 heavy (non-hydrogen) atoms. The van der Waals surface area contributed by atoms with Crippen LogP contribution < -0.4 is 5.32 Å². The lowest BCUT2D eigenvalue weighted by Gasteiger charge is -2.24. The summed E-state index contributed by atoms with van der Waals surface area (Å²) in [6.07, 6.45) is -1.28. The van der Waals surface area contributed by atoms with Crippen molar-refractivity contribution in [2.24, 2.45) is 0 Å². The maximum atomic E-state index is 11.6. The van der Waals surface area contributed by atoms with Crippen LogP contribution in [-0.2, 0) is 4.74 Å². The van der Waals surface area contributed by atoms with E-state index in [-0.39, 0.29) is 0 Å². The van der Waals surface area contributed by atoms with E-state index in [9.17, 15) is 9.90 Å². The Morgan fingerprint density at radius 3 is 2.26 bits per heavy atom. The lowest BCUT2D eigenvalue weighted by Crippen LogP contribution is -2.40. The van der Waals surface area contributed by atoms with Crippen LogP contribution in [0.2, 0.25) is 0 Å². The second kappa shape index (κ2) is 6.06. The molecule has 1 rings (SSSR count). The summed E-state index contributed by atoms with van der Waals surface area (Å²) in [6.45, 7) is 9.13. The van der Waals surface area contributed by atoms with Gasteiger partial charge in [0.2, 0.25) is 0 Å². The fourth-order valence-corrected chi connectivity index (χ4v) is 1.62. The number of alkyl carbamates (subject to hydrolysis) is 1. The summed E-state index contributed by atoms with van der Waals surface area (Å²) in [6, 6.07) is 7.15. The number of amides is 1. The van der Waals surface area contributed by atoms with Gasteiger partial charge in [-0.2, -0.15) is 0 Å². The molecule has 1 aromatic carbocycles. The third kappa shape index (κ3) is 5.30. The average molecular weight is 265 g/mol. The first-order valence-electron chi connectivity index (χ1n) is 6.43. The molecule has 1 aromatic rings. The van der Waals surface area contributed by atoms with Crippen LogP contribution in [0.5, 0.6) is 0 Å². The largest absolute Gasteiger partial charge is 0.444 e. The number of rotatable bonds is 3. The average Bonchev–Trinajstić information content (AvgIpc) is 2.26. The predicted octanol–water partition coefficient (Wildman–Crippen LogP) is 2.94. The fraction of sp³-hybridized carbons (Fsp3) is 0.533. The molecule has 0 aromatic heterocycles. The van der Waals surface area contributed by atoms with E-state index in [0.717, 1.165) is 11.1 Å². The number of hydrogen-bond donors (Lipinski definition) is 2. The van der Waals surface area contributed by atoms with Crippen molar-refractivity contribution < 1.29 is 14.6 Å². The van der Waals surface area contributed by atoms with E-state index < -0.39 is 23.8 Å². The van der Waals surface area contributed by atoms with Crippen molar-refractivity contribution in [1.29, 1.82) is 0 Å².